The predicted molar refractivity (Wildman–Crippen MR) is 97.4 cm³/mol. The second kappa shape index (κ2) is 9.12. The number of carbonyl (C=O) groups excluding carboxylic acids is 2. The van der Waals surface area contributed by atoms with E-state index < -0.39 is 42.8 Å². The zero-order chi connectivity index (χ0) is 20.1. The van der Waals surface area contributed by atoms with Crippen molar-refractivity contribution in [2.45, 2.75) is 44.5 Å². The van der Waals surface area contributed by atoms with Gasteiger partial charge in [0.2, 0.25) is 0 Å². The van der Waals surface area contributed by atoms with Crippen LogP contribution in [-0.2, 0) is 19.1 Å². The van der Waals surface area contributed by atoms with E-state index in [1.165, 1.54) is 0 Å². The highest BCUT2D eigenvalue weighted by molar-refractivity contribution is 5.92. The molecule has 0 aromatic carbocycles. The molecule has 0 radical (unpaired) electrons. The maximum atomic E-state index is 12.3. The van der Waals surface area contributed by atoms with Crippen LogP contribution in [0.1, 0.15) is 26.2 Å². The molecule has 1 fully saturated rings. The molecule has 0 saturated carbocycles. The quantitative estimate of drug-likeness (QED) is 0.371. The number of fused-ring (bicyclic) bond motifs is 1. The Morgan fingerprint density at radius 2 is 2.15 bits per heavy atom. The van der Waals surface area contributed by atoms with Gasteiger partial charge in [0.1, 0.15) is 18.3 Å². The molecule has 2 aliphatic rings. The zero-order valence-electron chi connectivity index (χ0n) is 15.4. The molecule has 4 atom stereocenters. The molecule has 1 unspecified atom stereocenters. The van der Waals surface area contributed by atoms with E-state index in [-0.39, 0.29) is 17.8 Å². The largest absolute Gasteiger partial charge is 0.458 e. The maximum absolute atomic E-state index is 12.3. The number of aliphatic hydroxyl groups excluding tert-OH is 3. The minimum Gasteiger partial charge on any atom is -0.458 e. The van der Waals surface area contributed by atoms with Gasteiger partial charge in [-0.2, -0.15) is 0 Å². The van der Waals surface area contributed by atoms with E-state index in [1.54, 1.807) is 6.08 Å². The normalized spacial score (nSPS) is 30.9. The predicted octanol–water partition coefficient (Wildman–Crippen LogP) is 0.954. The third kappa shape index (κ3) is 4.94. The van der Waals surface area contributed by atoms with Crippen LogP contribution >= 0.6 is 0 Å². The number of ether oxygens (including phenoxy) is 2. The smallest absolute Gasteiger partial charge is 0.336 e. The Morgan fingerprint density at radius 1 is 1.44 bits per heavy atom. The number of rotatable bonds is 5. The van der Waals surface area contributed by atoms with Gasteiger partial charge in [-0.1, -0.05) is 24.8 Å². The van der Waals surface area contributed by atoms with Crippen LogP contribution in [0.4, 0.5) is 0 Å². The highest BCUT2D eigenvalue weighted by Gasteiger charge is 2.44. The van der Waals surface area contributed by atoms with Crippen molar-refractivity contribution in [1.82, 2.24) is 0 Å². The number of esters is 2. The van der Waals surface area contributed by atoms with E-state index in [4.69, 9.17) is 14.6 Å². The second-order valence-electron chi connectivity index (χ2n) is 6.86. The second-order valence-corrected chi connectivity index (χ2v) is 6.86. The number of hydrogen-bond donors (Lipinski definition) is 3. The van der Waals surface area contributed by atoms with Gasteiger partial charge in [0.25, 0.3) is 0 Å². The van der Waals surface area contributed by atoms with E-state index in [0.717, 1.165) is 11.1 Å². The molecule has 7 heteroatoms. The molecular formula is C20H26O7. The molecule has 0 amide bonds. The van der Waals surface area contributed by atoms with Gasteiger partial charge in [-0.15, -0.1) is 0 Å². The van der Waals surface area contributed by atoms with Gasteiger partial charge in [-0.3, -0.25) is 0 Å². The van der Waals surface area contributed by atoms with Crippen LogP contribution in [0.2, 0.25) is 0 Å². The Labute approximate surface area is 158 Å². The first-order valence-corrected chi connectivity index (χ1v) is 8.83. The number of carbonyl (C=O) groups is 2. The summed E-state index contributed by atoms with van der Waals surface area (Å²) in [5.41, 5.74) is 1.60. The molecule has 0 aromatic heterocycles. The first kappa shape index (κ1) is 21.1. The van der Waals surface area contributed by atoms with Crippen LogP contribution in [0.3, 0.4) is 0 Å². The van der Waals surface area contributed by atoms with Crippen LogP contribution in [0.15, 0.2) is 47.6 Å². The van der Waals surface area contributed by atoms with Crippen molar-refractivity contribution in [3.8, 4) is 0 Å². The fourth-order valence-corrected chi connectivity index (χ4v) is 3.23. The van der Waals surface area contributed by atoms with Gasteiger partial charge < -0.3 is 24.8 Å². The summed E-state index contributed by atoms with van der Waals surface area (Å²) >= 11 is 0. The third-order valence-corrected chi connectivity index (χ3v) is 4.84. The Morgan fingerprint density at radius 3 is 2.78 bits per heavy atom. The number of hydrogen-bond acceptors (Lipinski definition) is 7. The van der Waals surface area contributed by atoms with Crippen LogP contribution < -0.4 is 0 Å². The third-order valence-electron chi connectivity index (χ3n) is 4.84. The lowest BCUT2D eigenvalue weighted by molar-refractivity contribution is -0.148. The monoisotopic (exact) mass is 378 g/mol. The van der Waals surface area contributed by atoms with Crippen LogP contribution in [0.5, 0.6) is 0 Å². The molecule has 1 heterocycles. The van der Waals surface area contributed by atoms with Crippen LogP contribution in [0.25, 0.3) is 0 Å². The van der Waals surface area contributed by atoms with Crippen LogP contribution in [-0.4, -0.2) is 58.8 Å². The standard InChI is InChI=1S/C20H26O7/c1-11-5-4-6-14(9-21)8-17-18(13(3)20(25)27-17)16(7-11)26-19(24)12(2)15(23)10-22/h5,8,15-18,21-23H,2-4,6-7,9-10H2,1H3/b11-5+,14-8-/t15?,16-,17+,18+/m1/s1. The van der Waals surface area contributed by atoms with Gasteiger partial charge in [-0.05, 0) is 31.4 Å². The molecule has 0 spiro atoms. The summed E-state index contributed by atoms with van der Waals surface area (Å²) in [6.07, 6.45) is 2.46. The van der Waals surface area contributed by atoms with Gasteiger partial charge >= 0.3 is 11.9 Å². The van der Waals surface area contributed by atoms with Crippen molar-refractivity contribution >= 4 is 11.9 Å². The lowest BCUT2D eigenvalue weighted by Crippen LogP contribution is -2.35. The van der Waals surface area contributed by atoms with Crippen molar-refractivity contribution in [1.29, 1.82) is 0 Å². The van der Waals surface area contributed by atoms with Crippen molar-refractivity contribution < 1.29 is 34.4 Å². The van der Waals surface area contributed by atoms with Gasteiger partial charge in [0, 0.05) is 12.0 Å². The highest BCUT2D eigenvalue weighted by Crippen LogP contribution is 2.36. The fourth-order valence-electron chi connectivity index (χ4n) is 3.23. The Hall–Kier alpha value is -2.22. The Bertz CT molecular complexity index is 688. The average molecular weight is 378 g/mol. The molecule has 7 nitrogen and oxygen atoms in total. The topological polar surface area (TPSA) is 113 Å². The Balaban J connectivity index is 2.36. The minimum atomic E-state index is -1.42. The van der Waals surface area contributed by atoms with Crippen molar-refractivity contribution in [2.75, 3.05) is 13.2 Å². The molecule has 27 heavy (non-hydrogen) atoms. The average Bonchev–Trinajstić information content (AvgIpc) is 2.92. The van der Waals surface area contributed by atoms with Gasteiger partial charge in [-0.25, -0.2) is 9.59 Å². The van der Waals surface area contributed by atoms with E-state index in [0.29, 0.717) is 19.3 Å². The summed E-state index contributed by atoms with van der Waals surface area (Å²) in [4.78, 5) is 24.4. The van der Waals surface area contributed by atoms with E-state index in [1.807, 2.05) is 13.0 Å². The number of aliphatic hydroxyl groups is 3. The Kier molecular flexibility index (Phi) is 7.12. The first-order chi connectivity index (χ1) is 12.8. The molecule has 0 bridgehead atoms. The molecule has 1 saturated heterocycles. The molecular weight excluding hydrogens is 352 g/mol. The van der Waals surface area contributed by atoms with E-state index in [9.17, 15) is 19.8 Å². The molecule has 148 valence electrons. The lowest BCUT2D eigenvalue weighted by Gasteiger charge is -2.28. The summed E-state index contributed by atoms with van der Waals surface area (Å²) < 4.78 is 10.9. The molecule has 0 aromatic rings. The minimum absolute atomic E-state index is 0.163. The summed E-state index contributed by atoms with van der Waals surface area (Å²) in [5, 5.41) is 28.2. The summed E-state index contributed by atoms with van der Waals surface area (Å²) in [7, 11) is 0. The summed E-state index contributed by atoms with van der Waals surface area (Å²) in [6.45, 7) is 8.32. The SMILES string of the molecule is C=C(C(=O)O[C@@H]1C/C(C)=C/CC/C(CO)=C/[C@@H]2OC(=O)C(=C)[C@H]21)C(O)CO. The highest BCUT2D eigenvalue weighted by atomic mass is 16.6. The zero-order valence-corrected chi connectivity index (χ0v) is 15.4. The summed E-state index contributed by atoms with van der Waals surface area (Å²) in [6, 6.07) is 0. The van der Waals surface area contributed by atoms with E-state index >= 15 is 0 Å². The fraction of sp³-hybridized carbons (Fsp3) is 0.500. The van der Waals surface area contributed by atoms with Crippen molar-refractivity contribution in [3.05, 3.63) is 47.6 Å². The molecule has 3 N–H and O–H groups in total. The number of allylic oxidation sites excluding steroid dienone is 1. The first-order valence-electron chi connectivity index (χ1n) is 8.83. The molecule has 1 aliphatic heterocycles. The van der Waals surface area contributed by atoms with Crippen molar-refractivity contribution in [2.24, 2.45) is 5.92 Å². The maximum Gasteiger partial charge on any atom is 0.336 e. The van der Waals surface area contributed by atoms with Gasteiger partial charge in [0.05, 0.1) is 24.7 Å². The van der Waals surface area contributed by atoms with Crippen LogP contribution in [0, 0.1) is 5.92 Å². The van der Waals surface area contributed by atoms with Crippen molar-refractivity contribution in [3.63, 3.8) is 0 Å². The molecule has 2 rings (SSSR count). The van der Waals surface area contributed by atoms with E-state index in [2.05, 4.69) is 13.2 Å². The van der Waals surface area contributed by atoms with Gasteiger partial charge in [0.15, 0.2) is 0 Å². The summed E-state index contributed by atoms with van der Waals surface area (Å²) in [5.74, 6) is -2.05. The molecule has 1 aliphatic carbocycles. The lowest BCUT2D eigenvalue weighted by atomic mass is 9.85.